The first-order chi connectivity index (χ1) is 34.7. The molecule has 4 unspecified atom stereocenters. The number of hydrogen-bond acceptors (Lipinski definition) is 15. The molecule has 0 saturated carbocycles. The number of esters is 2. The van der Waals surface area contributed by atoms with E-state index in [9.17, 15) is 9.59 Å². The number of ether oxygens (including phenoxy) is 13. The third-order valence-electron chi connectivity index (χ3n) is 14.6. The maximum atomic E-state index is 13.0. The zero-order chi connectivity index (χ0) is 52.2. The number of carbonyl (C=O) groups excluding carboxylic acids is 2. The minimum Gasteiger partial charge on any atom is -0.493 e. The number of carbonyl (C=O) groups is 2. The first-order valence-electron chi connectivity index (χ1n) is 24.4. The minimum absolute atomic E-state index is 0.0141. The fourth-order valence-corrected chi connectivity index (χ4v) is 10.7. The van der Waals surface area contributed by atoms with Gasteiger partial charge in [-0.2, -0.15) is 0 Å². The lowest BCUT2D eigenvalue weighted by Crippen LogP contribution is -2.53. The van der Waals surface area contributed by atoms with Crippen LogP contribution in [0.5, 0.6) is 63.2 Å². The van der Waals surface area contributed by atoms with Crippen LogP contribution in [0.4, 0.5) is 0 Å². The van der Waals surface area contributed by atoms with Gasteiger partial charge in [-0.1, -0.05) is 0 Å². The van der Waals surface area contributed by atoms with Gasteiger partial charge in [-0.3, -0.25) is 9.59 Å². The third-order valence-corrected chi connectivity index (χ3v) is 14.6. The zero-order valence-corrected chi connectivity index (χ0v) is 44.6. The normalized spacial score (nSPS) is 18.9. The first-order valence-corrected chi connectivity index (χ1v) is 24.4. The van der Waals surface area contributed by atoms with E-state index < -0.39 is 11.9 Å². The minimum atomic E-state index is -0.446. The molecule has 394 valence electrons. The summed E-state index contributed by atoms with van der Waals surface area (Å²) in [6.45, 7) is 3.51. The van der Waals surface area contributed by atoms with Crippen LogP contribution in [0.1, 0.15) is 71.1 Å². The molecule has 6 rings (SSSR count). The van der Waals surface area contributed by atoms with E-state index >= 15 is 0 Å². The van der Waals surface area contributed by atoms with Gasteiger partial charge >= 0.3 is 11.9 Å². The lowest BCUT2D eigenvalue weighted by molar-refractivity contribution is -0.941. The van der Waals surface area contributed by atoms with Crippen molar-refractivity contribution in [1.82, 2.24) is 0 Å². The summed E-state index contributed by atoms with van der Waals surface area (Å²) in [5, 5.41) is 0. The van der Waals surface area contributed by atoms with E-state index in [2.05, 4.69) is 26.2 Å². The third kappa shape index (κ3) is 11.9. The van der Waals surface area contributed by atoms with E-state index in [-0.39, 0.29) is 38.1 Å². The molecule has 4 aromatic carbocycles. The molecule has 72 heavy (non-hydrogen) atoms. The first kappa shape index (κ1) is 54.9. The Morgan fingerprint density at radius 2 is 0.819 bits per heavy atom. The van der Waals surface area contributed by atoms with Crippen LogP contribution in [0.15, 0.2) is 42.5 Å². The maximum absolute atomic E-state index is 13.0. The number of hydrogen-bond donors (Lipinski definition) is 0. The molecule has 0 fully saturated rings. The molecule has 2 aliphatic rings. The molecule has 4 aromatic rings. The molecular formula is C55H76N2O15+2. The number of likely N-dealkylation sites (N-methyl/N-ethyl adjacent to an activating group) is 2. The van der Waals surface area contributed by atoms with Gasteiger partial charge in [0, 0.05) is 44.1 Å². The van der Waals surface area contributed by atoms with E-state index in [0.29, 0.717) is 104 Å². The van der Waals surface area contributed by atoms with Crippen molar-refractivity contribution in [2.75, 3.05) is 132 Å². The highest BCUT2D eigenvalue weighted by Gasteiger charge is 2.44. The molecule has 0 radical (unpaired) electrons. The van der Waals surface area contributed by atoms with Gasteiger partial charge in [0.25, 0.3) is 0 Å². The van der Waals surface area contributed by atoms with Crippen LogP contribution in [-0.2, 0) is 44.7 Å². The molecule has 0 aliphatic carbocycles. The molecule has 0 N–H and O–H groups in total. The quantitative estimate of drug-likeness (QED) is 0.0343. The van der Waals surface area contributed by atoms with Crippen molar-refractivity contribution in [1.29, 1.82) is 0 Å². The van der Waals surface area contributed by atoms with Gasteiger partial charge in [0.05, 0.1) is 150 Å². The lowest BCUT2D eigenvalue weighted by Gasteiger charge is -2.46. The molecule has 0 saturated heterocycles. The van der Waals surface area contributed by atoms with Gasteiger partial charge in [-0.15, -0.1) is 0 Å². The fourth-order valence-electron chi connectivity index (χ4n) is 10.7. The van der Waals surface area contributed by atoms with Crippen LogP contribution in [-0.4, -0.2) is 153 Å². The highest BCUT2D eigenvalue weighted by atomic mass is 16.6. The lowest BCUT2D eigenvalue weighted by atomic mass is 9.85. The standard InChI is InChI=1S/C55H76N2O15/c1-56(22-18-37-32-42(60-3)43(61-4)34-39(37)40(56)26-35-28-44(62-5)52(67-10)45(29-35)63-6)20-14-24-71-49(58)16-17-50(59)72-25-15-21-57(2)23-19-38-33-48(66-9)54(69-12)55(70-13)51(38)41(57)27-36-30-46(64-7)53(68-11)47(31-36)65-8/h28-34,40-41H,14-27H2,1-13H3/q+2. The molecule has 4 atom stereocenters. The van der Waals surface area contributed by atoms with Crippen molar-refractivity contribution in [3.63, 3.8) is 0 Å². The fraction of sp³-hybridized carbons (Fsp3) is 0.527. The zero-order valence-electron chi connectivity index (χ0n) is 44.6. The Morgan fingerprint density at radius 3 is 1.25 bits per heavy atom. The van der Waals surface area contributed by atoms with Crippen molar-refractivity contribution in [2.45, 2.75) is 63.5 Å². The van der Waals surface area contributed by atoms with Crippen molar-refractivity contribution >= 4 is 11.9 Å². The summed E-state index contributed by atoms with van der Waals surface area (Å²) in [5.74, 6) is 5.58. The van der Waals surface area contributed by atoms with E-state index in [4.69, 9.17) is 61.6 Å². The average Bonchev–Trinajstić information content (AvgIpc) is 3.40. The molecular weight excluding hydrogens is 929 g/mol. The highest BCUT2D eigenvalue weighted by Crippen LogP contribution is 2.51. The predicted molar refractivity (Wildman–Crippen MR) is 270 cm³/mol. The van der Waals surface area contributed by atoms with E-state index in [1.165, 1.54) is 11.1 Å². The Labute approximate surface area is 425 Å². The van der Waals surface area contributed by atoms with Gasteiger partial charge in [0.2, 0.25) is 17.2 Å². The van der Waals surface area contributed by atoms with Gasteiger partial charge in [0.1, 0.15) is 12.1 Å². The molecule has 17 heteroatoms. The van der Waals surface area contributed by atoms with Crippen LogP contribution in [0, 0.1) is 0 Å². The van der Waals surface area contributed by atoms with Crippen molar-refractivity contribution in [2.24, 2.45) is 0 Å². The number of rotatable bonds is 26. The van der Waals surface area contributed by atoms with Crippen molar-refractivity contribution in [3.05, 3.63) is 75.8 Å². The Hall–Kier alpha value is -6.46. The monoisotopic (exact) mass is 1000 g/mol. The van der Waals surface area contributed by atoms with E-state index in [1.54, 1.807) is 78.2 Å². The Morgan fingerprint density at radius 1 is 0.444 bits per heavy atom. The molecule has 0 amide bonds. The highest BCUT2D eigenvalue weighted by molar-refractivity contribution is 5.77. The molecule has 0 spiro atoms. The van der Waals surface area contributed by atoms with Crippen LogP contribution in [0.2, 0.25) is 0 Å². The summed E-state index contributed by atoms with van der Waals surface area (Å²) in [7, 11) is 22.2. The largest absolute Gasteiger partial charge is 0.493 e. The summed E-state index contributed by atoms with van der Waals surface area (Å²) in [4.78, 5) is 26.1. The van der Waals surface area contributed by atoms with E-state index in [1.807, 2.05) is 30.3 Å². The average molecular weight is 1010 g/mol. The van der Waals surface area contributed by atoms with Gasteiger partial charge in [0.15, 0.2) is 46.0 Å². The van der Waals surface area contributed by atoms with Crippen LogP contribution in [0.25, 0.3) is 0 Å². The summed E-state index contributed by atoms with van der Waals surface area (Å²) in [6.07, 6.45) is 3.93. The second-order valence-corrected chi connectivity index (χ2v) is 18.6. The Kier molecular flexibility index (Phi) is 18.9. The van der Waals surface area contributed by atoms with Crippen molar-refractivity contribution < 1.29 is 80.1 Å². The Balaban J connectivity index is 1.06. The number of nitrogens with zero attached hydrogens (tertiary/aromatic N) is 2. The topological polar surface area (TPSA) is 154 Å². The van der Waals surface area contributed by atoms with E-state index in [0.717, 1.165) is 54.7 Å². The van der Waals surface area contributed by atoms with Crippen LogP contribution < -0.4 is 52.1 Å². The number of quaternary nitrogens is 2. The predicted octanol–water partition coefficient (Wildman–Crippen LogP) is 7.70. The molecule has 0 aromatic heterocycles. The summed E-state index contributed by atoms with van der Waals surface area (Å²) >= 11 is 0. The van der Waals surface area contributed by atoms with Crippen LogP contribution in [0.3, 0.4) is 0 Å². The van der Waals surface area contributed by atoms with Gasteiger partial charge in [-0.25, -0.2) is 0 Å². The second-order valence-electron chi connectivity index (χ2n) is 18.6. The summed E-state index contributed by atoms with van der Waals surface area (Å²) < 4.78 is 75.9. The van der Waals surface area contributed by atoms with Gasteiger partial charge in [-0.05, 0) is 64.7 Å². The summed E-state index contributed by atoms with van der Waals surface area (Å²) in [6, 6.07) is 14.0. The van der Waals surface area contributed by atoms with Gasteiger partial charge < -0.3 is 70.5 Å². The Bertz CT molecular complexity index is 2460. The number of benzene rings is 4. The maximum Gasteiger partial charge on any atom is 0.306 e. The van der Waals surface area contributed by atoms with Crippen LogP contribution >= 0.6 is 0 Å². The van der Waals surface area contributed by atoms with Crippen molar-refractivity contribution in [3.8, 4) is 63.2 Å². The number of fused-ring (bicyclic) bond motifs is 2. The SMILES string of the molecule is COc1cc2c(cc1OC)C(Cc1cc(OC)c(OC)c(OC)c1)[N+](C)(CCCOC(=O)CCC(=O)OCCC[N+]1(C)CCc3cc(OC)c(OC)c(OC)c3C1Cc1cc(OC)c(OC)c(OC)c1)CC2. The second kappa shape index (κ2) is 24.8. The molecule has 2 aliphatic heterocycles. The molecule has 2 heterocycles. The summed E-state index contributed by atoms with van der Waals surface area (Å²) in [5.41, 5.74) is 6.51. The smallest absolute Gasteiger partial charge is 0.306 e. The number of methoxy groups -OCH3 is 11. The molecule has 0 bridgehead atoms. The molecule has 17 nitrogen and oxygen atoms in total.